The normalized spacial score (nSPS) is 16.4. The van der Waals surface area contributed by atoms with E-state index in [-0.39, 0.29) is 48.0 Å². The third-order valence-corrected chi connectivity index (χ3v) is 4.64. The lowest BCUT2D eigenvalue weighted by molar-refractivity contribution is -0.0504. The number of halogens is 5. The highest BCUT2D eigenvalue weighted by molar-refractivity contribution is 14.0. The first-order valence-electron chi connectivity index (χ1n) is 9.16. The van der Waals surface area contributed by atoms with Gasteiger partial charge in [0.05, 0.1) is 0 Å². The predicted molar refractivity (Wildman–Crippen MR) is 119 cm³/mol. The Balaban J connectivity index is 0.00000320. The molecule has 2 aromatic rings. The van der Waals surface area contributed by atoms with E-state index >= 15 is 0 Å². The van der Waals surface area contributed by atoms with E-state index in [1.807, 2.05) is 0 Å². The molecule has 0 aromatic heterocycles. The summed E-state index contributed by atoms with van der Waals surface area (Å²) in [5.74, 6) is -0.641. The Labute approximate surface area is 189 Å². The van der Waals surface area contributed by atoms with Crippen LogP contribution in [0.3, 0.4) is 0 Å². The molecule has 3 rings (SSSR count). The first kappa shape index (κ1) is 24.0. The summed E-state index contributed by atoms with van der Waals surface area (Å²) < 4.78 is 57.6. The maximum Gasteiger partial charge on any atom is 0.387 e. The van der Waals surface area contributed by atoms with Crippen molar-refractivity contribution in [3.05, 3.63) is 59.7 Å². The van der Waals surface area contributed by atoms with Crippen molar-refractivity contribution in [1.82, 2.24) is 10.6 Å². The van der Waals surface area contributed by atoms with E-state index in [9.17, 15) is 17.6 Å². The first-order valence-corrected chi connectivity index (χ1v) is 9.16. The van der Waals surface area contributed by atoms with Gasteiger partial charge in [0, 0.05) is 38.3 Å². The van der Waals surface area contributed by atoms with Gasteiger partial charge in [-0.2, -0.15) is 8.78 Å². The zero-order chi connectivity index (χ0) is 20.8. The van der Waals surface area contributed by atoms with Crippen LogP contribution in [0, 0.1) is 11.6 Å². The minimum atomic E-state index is -2.91. The van der Waals surface area contributed by atoms with Gasteiger partial charge in [-0.1, -0.05) is 24.3 Å². The molecule has 30 heavy (non-hydrogen) atoms. The lowest BCUT2D eigenvalue weighted by Crippen LogP contribution is -2.44. The van der Waals surface area contributed by atoms with Gasteiger partial charge in [-0.25, -0.2) is 8.78 Å². The number of anilines is 1. The standard InChI is InChI=1S/C20H22F4N4O.HI/c1-25-20(26-11-13-5-2-3-8-17(13)29-19(23)24)27-14-9-10-28(12-14)18-15(21)6-4-7-16(18)22;/h2-8,14,19H,9-12H2,1H3,(H2,25,26,27);1H. The maximum absolute atomic E-state index is 14.0. The van der Waals surface area contributed by atoms with Crippen molar-refractivity contribution in [1.29, 1.82) is 0 Å². The summed E-state index contributed by atoms with van der Waals surface area (Å²) in [6.07, 6.45) is 0.666. The lowest BCUT2D eigenvalue weighted by atomic mass is 10.2. The van der Waals surface area contributed by atoms with Crippen molar-refractivity contribution in [3.8, 4) is 5.75 Å². The summed E-state index contributed by atoms with van der Waals surface area (Å²) in [6, 6.07) is 10.2. The largest absolute Gasteiger partial charge is 0.434 e. The number of hydrogen-bond donors (Lipinski definition) is 2. The second kappa shape index (κ2) is 11.2. The maximum atomic E-state index is 14.0. The van der Waals surface area contributed by atoms with Gasteiger partial charge in [0.15, 0.2) is 5.96 Å². The fourth-order valence-electron chi connectivity index (χ4n) is 3.30. The van der Waals surface area contributed by atoms with Crippen molar-refractivity contribution < 1.29 is 22.3 Å². The molecule has 1 aliphatic heterocycles. The zero-order valence-corrected chi connectivity index (χ0v) is 18.6. The van der Waals surface area contributed by atoms with Gasteiger partial charge < -0.3 is 20.3 Å². The van der Waals surface area contributed by atoms with Crippen LogP contribution in [-0.2, 0) is 6.54 Å². The molecule has 2 aromatic carbocycles. The molecule has 1 unspecified atom stereocenters. The van der Waals surface area contributed by atoms with Crippen molar-refractivity contribution in [3.63, 3.8) is 0 Å². The van der Waals surface area contributed by atoms with Crippen LogP contribution < -0.4 is 20.3 Å². The Morgan fingerprint density at radius 3 is 2.53 bits per heavy atom. The Morgan fingerprint density at radius 2 is 1.87 bits per heavy atom. The summed E-state index contributed by atoms with van der Waals surface area (Å²) in [6.45, 7) is -1.78. The third-order valence-electron chi connectivity index (χ3n) is 4.64. The molecule has 0 aliphatic carbocycles. The van der Waals surface area contributed by atoms with Crippen LogP contribution in [0.5, 0.6) is 5.75 Å². The summed E-state index contributed by atoms with van der Waals surface area (Å²) in [5.41, 5.74) is 0.523. The first-order chi connectivity index (χ1) is 14.0. The Morgan fingerprint density at radius 1 is 1.17 bits per heavy atom. The van der Waals surface area contributed by atoms with E-state index in [0.29, 0.717) is 31.0 Å². The molecular weight excluding hydrogens is 515 g/mol. The topological polar surface area (TPSA) is 48.9 Å². The van der Waals surface area contributed by atoms with E-state index in [1.165, 1.54) is 24.3 Å². The molecule has 1 fully saturated rings. The second-order valence-corrected chi connectivity index (χ2v) is 6.56. The van der Waals surface area contributed by atoms with Crippen molar-refractivity contribution >= 4 is 35.6 Å². The zero-order valence-electron chi connectivity index (χ0n) is 16.2. The Bertz CT molecular complexity index is 848. The number of alkyl halides is 2. The minimum absolute atomic E-state index is 0. The highest BCUT2D eigenvalue weighted by atomic mass is 127. The minimum Gasteiger partial charge on any atom is -0.434 e. The van der Waals surface area contributed by atoms with Crippen LogP contribution in [0.25, 0.3) is 0 Å². The number of nitrogens with zero attached hydrogens (tertiary/aromatic N) is 2. The van der Waals surface area contributed by atoms with E-state index < -0.39 is 18.2 Å². The highest BCUT2D eigenvalue weighted by Gasteiger charge is 2.27. The van der Waals surface area contributed by atoms with Gasteiger partial charge in [-0.3, -0.25) is 4.99 Å². The summed E-state index contributed by atoms with van der Waals surface area (Å²) in [5, 5.41) is 6.25. The molecule has 1 atom stereocenters. The van der Waals surface area contributed by atoms with E-state index in [1.54, 1.807) is 30.1 Å². The number of rotatable bonds is 6. The predicted octanol–water partition coefficient (Wildman–Crippen LogP) is 4.13. The molecule has 5 nitrogen and oxygen atoms in total. The molecule has 10 heteroatoms. The van der Waals surface area contributed by atoms with Gasteiger partial charge >= 0.3 is 6.61 Å². The molecule has 0 spiro atoms. The average molecular weight is 538 g/mol. The van der Waals surface area contributed by atoms with Crippen LogP contribution in [0.15, 0.2) is 47.5 Å². The molecule has 0 saturated carbocycles. The van der Waals surface area contributed by atoms with E-state index in [4.69, 9.17) is 0 Å². The number of benzene rings is 2. The van der Waals surface area contributed by atoms with Crippen molar-refractivity contribution in [2.75, 3.05) is 25.0 Å². The third kappa shape index (κ3) is 6.13. The number of hydrogen-bond acceptors (Lipinski definition) is 3. The van der Waals surface area contributed by atoms with Gasteiger partial charge in [0.2, 0.25) is 0 Å². The van der Waals surface area contributed by atoms with Gasteiger partial charge in [-0.15, -0.1) is 24.0 Å². The van der Waals surface area contributed by atoms with Crippen LogP contribution in [0.1, 0.15) is 12.0 Å². The van der Waals surface area contributed by atoms with Crippen LogP contribution >= 0.6 is 24.0 Å². The number of ether oxygens (including phenoxy) is 1. The molecule has 0 amide bonds. The molecule has 0 radical (unpaired) electrons. The Hall–Kier alpha value is -2.24. The lowest BCUT2D eigenvalue weighted by Gasteiger charge is -2.21. The number of para-hydroxylation sites is 2. The summed E-state index contributed by atoms with van der Waals surface area (Å²) >= 11 is 0. The van der Waals surface area contributed by atoms with E-state index in [0.717, 1.165) is 0 Å². The quantitative estimate of drug-likeness (QED) is 0.252. The van der Waals surface area contributed by atoms with Crippen molar-refractivity contribution in [2.24, 2.45) is 4.99 Å². The monoisotopic (exact) mass is 538 g/mol. The fourth-order valence-corrected chi connectivity index (χ4v) is 3.30. The highest BCUT2D eigenvalue weighted by Crippen LogP contribution is 2.26. The fraction of sp³-hybridized carbons (Fsp3) is 0.350. The molecule has 1 aliphatic rings. The molecule has 1 heterocycles. The smallest absolute Gasteiger partial charge is 0.387 e. The van der Waals surface area contributed by atoms with E-state index in [2.05, 4.69) is 20.4 Å². The van der Waals surface area contributed by atoms with Crippen LogP contribution in [0.2, 0.25) is 0 Å². The number of aliphatic imine (C=N–C) groups is 1. The Kier molecular flexibility index (Phi) is 9.00. The molecule has 164 valence electrons. The molecule has 0 bridgehead atoms. The van der Waals surface area contributed by atoms with Crippen molar-refractivity contribution in [2.45, 2.75) is 25.6 Å². The van der Waals surface area contributed by atoms with Crippen LogP contribution in [0.4, 0.5) is 23.2 Å². The molecular formula is C20H23F4IN4O. The van der Waals surface area contributed by atoms with Gasteiger partial charge in [0.1, 0.15) is 23.1 Å². The number of nitrogens with one attached hydrogen (secondary N) is 2. The summed E-state index contributed by atoms with van der Waals surface area (Å²) in [4.78, 5) is 5.78. The average Bonchev–Trinajstić information content (AvgIpc) is 3.13. The summed E-state index contributed by atoms with van der Waals surface area (Å²) in [7, 11) is 1.58. The molecule has 1 saturated heterocycles. The molecule has 2 N–H and O–H groups in total. The van der Waals surface area contributed by atoms with Gasteiger partial charge in [0.25, 0.3) is 0 Å². The number of guanidine groups is 1. The second-order valence-electron chi connectivity index (χ2n) is 6.56. The SMILES string of the molecule is CN=C(NCc1ccccc1OC(F)F)NC1CCN(c2c(F)cccc2F)C1.I. The van der Waals surface area contributed by atoms with Crippen LogP contribution in [-0.4, -0.2) is 38.8 Å². The van der Waals surface area contributed by atoms with Gasteiger partial charge in [-0.05, 0) is 24.6 Å².